The molecule has 0 aromatic rings. The highest BCUT2D eigenvalue weighted by molar-refractivity contribution is 5.71. The Labute approximate surface area is 79.8 Å². The summed E-state index contributed by atoms with van der Waals surface area (Å²) < 4.78 is 5.05. The van der Waals surface area contributed by atoms with Gasteiger partial charge in [-0.1, -0.05) is 26.2 Å². The second-order valence-electron chi connectivity index (χ2n) is 3.59. The van der Waals surface area contributed by atoms with Crippen LogP contribution in [0.25, 0.3) is 0 Å². The van der Waals surface area contributed by atoms with E-state index in [0.29, 0.717) is 13.2 Å². The van der Waals surface area contributed by atoms with Gasteiger partial charge < -0.3 is 10.1 Å². The van der Waals surface area contributed by atoms with Crippen molar-refractivity contribution in [2.45, 2.75) is 32.6 Å². The van der Waals surface area contributed by atoms with Crippen molar-refractivity contribution in [3.8, 4) is 0 Å². The van der Waals surface area contributed by atoms with E-state index in [0.717, 1.165) is 18.9 Å². The zero-order valence-electron chi connectivity index (χ0n) is 8.34. The number of esters is 1. The van der Waals surface area contributed by atoms with E-state index in [1.165, 1.54) is 19.3 Å². The van der Waals surface area contributed by atoms with Crippen LogP contribution in [-0.2, 0) is 9.53 Å². The number of rotatable bonds is 6. The molecule has 1 N–H and O–H groups in total. The van der Waals surface area contributed by atoms with E-state index in [-0.39, 0.29) is 5.97 Å². The highest BCUT2D eigenvalue weighted by Gasteiger charge is 2.17. The van der Waals surface area contributed by atoms with E-state index < -0.39 is 0 Å². The Morgan fingerprint density at radius 3 is 2.85 bits per heavy atom. The molecular weight excluding hydrogens is 166 g/mol. The quantitative estimate of drug-likeness (QED) is 0.634. The van der Waals surface area contributed by atoms with E-state index >= 15 is 0 Å². The van der Waals surface area contributed by atoms with Gasteiger partial charge in [-0.2, -0.15) is 0 Å². The molecule has 3 heteroatoms. The van der Waals surface area contributed by atoms with Gasteiger partial charge in [0.1, 0.15) is 0 Å². The van der Waals surface area contributed by atoms with Crippen molar-refractivity contribution < 1.29 is 9.53 Å². The molecule has 0 aliphatic heterocycles. The number of nitrogens with one attached hydrogen (secondary N) is 1. The molecule has 1 saturated carbocycles. The first-order valence-corrected chi connectivity index (χ1v) is 5.19. The monoisotopic (exact) mass is 185 g/mol. The van der Waals surface area contributed by atoms with Crippen molar-refractivity contribution in [1.82, 2.24) is 5.32 Å². The fourth-order valence-corrected chi connectivity index (χ4v) is 1.40. The molecule has 0 atom stereocenters. The van der Waals surface area contributed by atoms with Gasteiger partial charge in [-0.05, 0) is 18.9 Å². The summed E-state index contributed by atoms with van der Waals surface area (Å²) in [4.78, 5) is 11.0. The zero-order chi connectivity index (χ0) is 9.52. The second kappa shape index (κ2) is 5.97. The molecule has 0 heterocycles. The molecule has 0 saturated heterocycles. The predicted molar refractivity (Wildman–Crippen MR) is 51.5 cm³/mol. The molecule has 0 amide bonds. The van der Waals surface area contributed by atoms with Crippen LogP contribution >= 0.6 is 0 Å². The van der Waals surface area contributed by atoms with Gasteiger partial charge in [0.2, 0.25) is 0 Å². The first-order valence-electron chi connectivity index (χ1n) is 5.19. The fraction of sp³-hybridized carbons (Fsp3) is 0.900. The lowest BCUT2D eigenvalue weighted by molar-refractivity contribution is -0.143. The summed E-state index contributed by atoms with van der Waals surface area (Å²) in [5, 5.41) is 2.94. The average Bonchev–Trinajstić information content (AvgIpc) is 2.06. The van der Waals surface area contributed by atoms with Crippen molar-refractivity contribution in [3.05, 3.63) is 0 Å². The molecule has 1 aliphatic rings. The highest BCUT2D eigenvalue weighted by Crippen LogP contribution is 2.28. The molecule has 0 aromatic carbocycles. The topological polar surface area (TPSA) is 38.3 Å². The lowest BCUT2D eigenvalue weighted by Gasteiger charge is -2.24. The largest absolute Gasteiger partial charge is 0.465 e. The molecule has 1 rings (SSSR count). The lowest BCUT2D eigenvalue weighted by atomic mass is 9.83. The summed E-state index contributed by atoms with van der Waals surface area (Å²) in [6.45, 7) is 3.75. The van der Waals surface area contributed by atoms with Gasteiger partial charge in [0.25, 0.3) is 0 Å². The molecule has 76 valence electrons. The van der Waals surface area contributed by atoms with Crippen LogP contribution in [0.15, 0.2) is 0 Å². The van der Waals surface area contributed by atoms with Crippen molar-refractivity contribution in [3.63, 3.8) is 0 Å². The molecule has 1 fully saturated rings. The first-order chi connectivity index (χ1) is 6.33. The third-order valence-electron chi connectivity index (χ3n) is 2.53. The number of hydrogen-bond acceptors (Lipinski definition) is 3. The van der Waals surface area contributed by atoms with E-state index in [4.69, 9.17) is 4.74 Å². The Morgan fingerprint density at radius 1 is 1.54 bits per heavy atom. The van der Waals surface area contributed by atoms with Gasteiger partial charge in [0, 0.05) is 0 Å². The van der Waals surface area contributed by atoms with Crippen molar-refractivity contribution in [2.75, 3.05) is 19.7 Å². The van der Waals surface area contributed by atoms with Crippen LogP contribution in [0.2, 0.25) is 0 Å². The molecular formula is C10H19NO2. The van der Waals surface area contributed by atoms with Gasteiger partial charge in [0.05, 0.1) is 13.2 Å². The van der Waals surface area contributed by atoms with E-state index in [9.17, 15) is 4.79 Å². The first kappa shape index (κ1) is 10.5. The maximum atomic E-state index is 11.0. The normalized spacial score (nSPS) is 16.7. The Bertz CT molecular complexity index is 155. The summed E-state index contributed by atoms with van der Waals surface area (Å²) in [6.07, 6.45) is 5.06. The van der Waals surface area contributed by atoms with Crippen molar-refractivity contribution in [2.24, 2.45) is 5.92 Å². The van der Waals surface area contributed by atoms with Gasteiger partial charge >= 0.3 is 5.97 Å². The maximum absolute atomic E-state index is 11.0. The minimum absolute atomic E-state index is 0.124. The van der Waals surface area contributed by atoms with Crippen LogP contribution in [0.5, 0.6) is 0 Å². The number of carbonyl (C=O) groups is 1. The zero-order valence-corrected chi connectivity index (χ0v) is 8.34. The summed E-state index contributed by atoms with van der Waals surface area (Å²) in [6, 6.07) is 0. The summed E-state index contributed by atoms with van der Waals surface area (Å²) in [7, 11) is 0. The molecule has 0 aromatic heterocycles. The van der Waals surface area contributed by atoms with E-state index in [1.54, 1.807) is 0 Å². The summed E-state index contributed by atoms with van der Waals surface area (Å²) in [5.41, 5.74) is 0. The Balaban J connectivity index is 1.88. The average molecular weight is 185 g/mol. The van der Waals surface area contributed by atoms with E-state index in [2.05, 4.69) is 5.32 Å². The van der Waals surface area contributed by atoms with Gasteiger partial charge in [-0.25, -0.2) is 0 Å². The standard InChI is InChI=1S/C10H19NO2/c1-2-11-8-10(12)13-7-6-9-4-3-5-9/h9,11H,2-8H2,1H3. The minimum atomic E-state index is -0.124. The Morgan fingerprint density at radius 2 is 2.31 bits per heavy atom. The smallest absolute Gasteiger partial charge is 0.319 e. The minimum Gasteiger partial charge on any atom is -0.465 e. The highest BCUT2D eigenvalue weighted by atomic mass is 16.5. The molecule has 0 unspecified atom stereocenters. The lowest BCUT2D eigenvalue weighted by Crippen LogP contribution is -2.25. The van der Waals surface area contributed by atoms with Crippen molar-refractivity contribution >= 4 is 5.97 Å². The molecule has 13 heavy (non-hydrogen) atoms. The summed E-state index contributed by atoms with van der Waals surface area (Å²) in [5.74, 6) is 0.702. The fourth-order valence-electron chi connectivity index (χ4n) is 1.40. The van der Waals surface area contributed by atoms with Crippen LogP contribution < -0.4 is 5.32 Å². The Hall–Kier alpha value is -0.570. The maximum Gasteiger partial charge on any atom is 0.319 e. The van der Waals surface area contributed by atoms with Crippen molar-refractivity contribution in [1.29, 1.82) is 0 Å². The molecule has 1 aliphatic carbocycles. The number of ether oxygens (including phenoxy) is 1. The third-order valence-corrected chi connectivity index (χ3v) is 2.53. The van der Waals surface area contributed by atoms with Crippen LogP contribution in [0.3, 0.4) is 0 Å². The van der Waals surface area contributed by atoms with Gasteiger partial charge in [-0.3, -0.25) is 4.79 Å². The predicted octanol–water partition coefficient (Wildman–Crippen LogP) is 1.33. The van der Waals surface area contributed by atoms with Crippen LogP contribution in [0, 0.1) is 5.92 Å². The van der Waals surface area contributed by atoms with E-state index in [1.807, 2.05) is 6.92 Å². The van der Waals surface area contributed by atoms with Crippen LogP contribution in [-0.4, -0.2) is 25.7 Å². The molecule has 3 nitrogen and oxygen atoms in total. The van der Waals surface area contributed by atoms with Crippen LogP contribution in [0.1, 0.15) is 32.6 Å². The second-order valence-corrected chi connectivity index (χ2v) is 3.59. The Kier molecular flexibility index (Phi) is 4.83. The van der Waals surface area contributed by atoms with Crippen LogP contribution in [0.4, 0.5) is 0 Å². The molecule has 0 spiro atoms. The summed E-state index contributed by atoms with van der Waals surface area (Å²) >= 11 is 0. The number of hydrogen-bond donors (Lipinski definition) is 1. The van der Waals surface area contributed by atoms with Gasteiger partial charge in [-0.15, -0.1) is 0 Å². The molecule has 0 bridgehead atoms. The SMILES string of the molecule is CCNCC(=O)OCCC1CCC1. The molecule has 0 radical (unpaired) electrons. The number of carbonyl (C=O) groups excluding carboxylic acids is 1. The third kappa shape index (κ3) is 4.27. The van der Waals surface area contributed by atoms with Gasteiger partial charge in [0.15, 0.2) is 0 Å². The number of likely N-dealkylation sites (N-methyl/N-ethyl adjacent to an activating group) is 1.